The van der Waals surface area contributed by atoms with Gasteiger partial charge in [0, 0.05) is 26.4 Å². The molecule has 2 aromatic heterocycles. The van der Waals surface area contributed by atoms with Crippen molar-refractivity contribution in [2.24, 2.45) is 0 Å². The summed E-state index contributed by atoms with van der Waals surface area (Å²) in [7, 11) is 0.368. The summed E-state index contributed by atoms with van der Waals surface area (Å²) in [6, 6.07) is 6.50. The number of ether oxygens (including phenoxy) is 2. The number of pyridine rings is 1. The third-order valence-corrected chi connectivity index (χ3v) is 7.92. The molecule has 0 radical (unpaired) electrons. The zero-order valence-corrected chi connectivity index (χ0v) is 21.0. The lowest BCUT2D eigenvalue weighted by atomic mass is 9.99. The predicted octanol–water partition coefficient (Wildman–Crippen LogP) is 6.04. The van der Waals surface area contributed by atoms with Crippen molar-refractivity contribution in [1.82, 2.24) is 14.8 Å². The second kappa shape index (κ2) is 8.55. The zero-order valence-electron chi connectivity index (χ0n) is 17.8. The SMILES string of the molecule is COc1cc(C2CC2)c(-c2cc3c(cn2)c(I)nn3COCC[Si](C)(C)C)cc1F. The molecule has 4 rings (SSSR count). The molecule has 0 amide bonds. The van der Waals surface area contributed by atoms with E-state index in [9.17, 15) is 4.39 Å². The Morgan fingerprint density at radius 1 is 1.23 bits per heavy atom. The van der Waals surface area contributed by atoms with Gasteiger partial charge in [0.25, 0.3) is 0 Å². The number of nitrogens with zero attached hydrogens (tertiary/aromatic N) is 3. The Bertz CT molecular complexity index is 1080. The Balaban J connectivity index is 1.67. The van der Waals surface area contributed by atoms with Crippen molar-refractivity contribution in [2.75, 3.05) is 13.7 Å². The van der Waals surface area contributed by atoms with Crippen LogP contribution >= 0.6 is 22.6 Å². The fourth-order valence-electron chi connectivity index (χ4n) is 3.49. The fourth-order valence-corrected chi connectivity index (χ4v) is 4.92. The first-order valence-corrected chi connectivity index (χ1v) is 15.0. The lowest BCUT2D eigenvalue weighted by Crippen LogP contribution is -2.22. The van der Waals surface area contributed by atoms with E-state index in [0.717, 1.165) is 56.9 Å². The van der Waals surface area contributed by atoms with Crippen LogP contribution in [0.3, 0.4) is 0 Å². The van der Waals surface area contributed by atoms with Crippen LogP contribution in [0.2, 0.25) is 25.7 Å². The summed E-state index contributed by atoms with van der Waals surface area (Å²) < 4.78 is 28.4. The van der Waals surface area contributed by atoms with Crippen LogP contribution < -0.4 is 4.74 Å². The summed E-state index contributed by atoms with van der Waals surface area (Å²) in [4.78, 5) is 4.65. The van der Waals surface area contributed by atoms with Crippen molar-refractivity contribution < 1.29 is 13.9 Å². The van der Waals surface area contributed by atoms with Gasteiger partial charge in [0.05, 0.1) is 23.7 Å². The summed E-state index contributed by atoms with van der Waals surface area (Å²) in [6.45, 7) is 8.16. The van der Waals surface area contributed by atoms with E-state index in [1.807, 2.05) is 23.0 Å². The van der Waals surface area contributed by atoms with E-state index in [4.69, 9.17) is 9.47 Å². The van der Waals surface area contributed by atoms with Crippen LogP contribution in [0.1, 0.15) is 24.3 Å². The van der Waals surface area contributed by atoms with Crippen LogP contribution in [0.4, 0.5) is 4.39 Å². The Morgan fingerprint density at radius 2 is 2.00 bits per heavy atom. The number of rotatable bonds is 8. The molecule has 5 nitrogen and oxygen atoms in total. The topological polar surface area (TPSA) is 49.2 Å². The zero-order chi connectivity index (χ0) is 21.5. The molecule has 0 atom stereocenters. The summed E-state index contributed by atoms with van der Waals surface area (Å²) in [5.41, 5.74) is 3.65. The number of methoxy groups -OCH3 is 1. The third-order valence-electron chi connectivity index (χ3n) is 5.42. The predicted molar refractivity (Wildman–Crippen MR) is 128 cm³/mol. The number of fused-ring (bicyclic) bond motifs is 1. The second-order valence-corrected chi connectivity index (χ2v) is 15.7. The summed E-state index contributed by atoms with van der Waals surface area (Å²) in [6.07, 6.45) is 4.06. The molecule has 0 bridgehead atoms. The first-order chi connectivity index (χ1) is 14.3. The highest BCUT2D eigenvalue weighted by Crippen LogP contribution is 2.46. The standard InChI is InChI=1S/C22H27FIN3O2Si/c1-28-21-10-15(14-5-6-14)16(9-18(21)23)19-11-20-17(12-25-19)22(24)26-27(20)13-29-7-8-30(2,3)4/h9-12,14H,5-8,13H2,1-4H3. The van der Waals surface area contributed by atoms with Gasteiger partial charge in [-0.25, -0.2) is 9.07 Å². The average molecular weight is 539 g/mol. The normalized spacial score (nSPS) is 14.5. The molecule has 1 aromatic carbocycles. The van der Waals surface area contributed by atoms with Gasteiger partial charge in [0.1, 0.15) is 10.4 Å². The molecule has 1 fully saturated rings. The van der Waals surface area contributed by atoms with Gasteiger partial charge in [-0.15, -0.1) is 0 Å². The molecule has 0 aliphatic heterocycles. The second-order valence-electron chi connectivity index (χ2n) is 9.07. The molecule has 1 saturated carbocycles. The van der Waals surface area contributed by atoms with Gasteiger partial charge in [0.15, 0.2) is 11.6 Å². The monoisotopic (exact) mass is 539 g/mol. The molecular weight excluding hydrogens is 512 g/mol. The van der Waals surface area contributed by atoms with Crippen LogP contribution in [0.25, 0.3) is 22.2 Å². The van der Waals surface area contributed by atoms with Gasteiger partial charge in [-0.1, -0.05) is 19.6 Å². The number of halogens is 2. The smallest absolute Gasteiger partial charge is 0.165 e. The Morgan fingerprint density at radius 3 is 2.67 bits per heavy atom. The quantitative estimate of drug-likeness (QED) is 0.199. The van der Waals surface area contributed by atoms with Crippen LogP contribution in [0, 0.1) is 9.52 Å². The largest absolute Gasteiger partial charge is 0.494 e. The highest BCUT2D eigenvalue weighted by Gasteiger charge is 2.28. The maximum absolute atomic E-state index is 14.5. The Labute approximate surface area is 191 Å². The number of hydrogen-bond acceptors (Lipinski definition) is 4. The first-order valence-electron chi connectivity index (χ1n) is 10.2. The molecule has 160 valence electrons. The molecule has 8 heteroatoms. The van der Waals surface area contributed by atoms with Gasteiger partial charge >= 0.3 is 0 Å². The molecule has 3 aromatic rings. The average Bonchev–Trinajstić information content (AvgIpc) is 3.49. The van der Waals surface area contributed by atoms with E-state index in [1.165, 1.54) is 7.11 Å². The van der Waals surface area contributed by atoms with Crippen molar-refractivity contribution in [3.8, 4) is 17.0 Å². The molecule has 30 heavy (non-hydrogen) atoms. The maximum atomic E-state index is 14.5. The summed E-state index contributed by atoms with van der Waals surface area (Å²) in [5.74, 6) is 0.371. The van der Waals surface area contributed by atoms with E-state index < -0.39 is 8.07 Å². The molecule has 0 saturated heterocycles. The molecular formula is C22H27FIN3O2Si. The lowest BCUT2D eigenvalue weighted by Gasteiger charge is -2.15. The van der Waals surface area contributed by atoms with Gasteiger partial charge in [-0.3, -0.25) is 4.98 Å². The fraction of sp³-hybridized carbons (Fsp3) is 0.455. The molecule has 1 aliphatic rings. The third kappa shape index (κ3) is 4.70. The number of hydrogen-bond donors (Lipinski definition) is 0. The van der Waals surface area contributed by atoms with Crippen molar-refractivity contribution in [3.63, 3.8) is 0 Å². The van der Waals surface area contributed by atoms with E-state index in [0.29, 0.717) is 12.6 Å². The van der Waals surface area contributed by atoms with Gasteiger partial charge in [-0.05, 0) is 71.2 Å². The van der Waals surface area contributed by atoms with Crippen LogP contribution in [0.5, 0.6) is 5.75 Å². The molecule has 0 spiro atoms. The highest BCUT2D eigenvalue weighted by atomic mass is 127. The van der Waals surface area contributed by atoms with Crippen molar-refractivity contribution in [2.45, 2.75) is 51.2 Å². The van der Waals surface area contributed by atoms with Crippen LogP contribution in [-0.2, 0) is 11.5 Å². The first kappa shape index (κ1) is 21.7. The van der Waals surface area contributed by atoms with Gasteiger partial charge < -0.3 is 9.47 Å². The van der Waals surface area contributed by atoms with E-state index in [1.54, 1.807) is 6.07 Å². The van der Waals surface area contributed by atoms with Gasteiger partial charge in [-0.2, -0.15) is 5.10 Å². The molecule has 1 aliphatic carbocycles. The van der Waals surface area contributed by atoms with E-state index in [-0.39, 0.29) is 11.6 Å². The maximum Gasteiger partial charge on any atom is 0.165 e. The highest BCUT2D eigenvalue weighted by molar-refractivity contribution is 14.1. The van der Waals surface area contributed by atoms with Crippen LogP contribution in [0.15, 0.2) is 24.4 Å². The molecule has 0 N–H and O–H groups in total. The minimum Gasteiger partial charge on any atom is -0.494 e. The number of aromatic nitrogens is 3. The van der Waals surface area contributed by atoms with E-state index in [2.05, 4.69) is 52.3 Å². The molecule has 0 unspecified atom stereocenters. The minimum absolute atomic E-state index is 0.289. The Kier molecular flexibility index (Phi) is 6.18. The summed E-state index contributed by atoms with van der Waals surface area (Å²) >= 11 is 2.22. The van der Waals surface area contributed by atoms with Crippen molar-refractivity contribution in [1.29, 1.82) is 0 Å². The lowest BCUT2D eigenvalue weighted by molar-refractivity contribution is 0.0814. The Hall–Kier alpha value is -1.52. The van der Waals surface area contributed by atoms with Crippen molar-refractivity contribution >= 4 is 41.6 Å². The number of benzene rings is 1. The van der Waals surface area contributed by atoms with Gasteiger partial charge in [0.2, 0.25) is 0 Å². The minimum atomic E-state index is -1.13. The van der Waals surface area contributed by atoms with Crippen molar-refractivity contribution in [3.05, 3.63) is 39.5 Å². The molecule has 2 heterocycles. The summed E-state index contributed by atoms with van der Waals surface area (Å²) in [5, 5.41) is 5.61. The van der Waals surface area contributed by atoms with E-state index >= 15 is 0 Å². The van der Waals surface area contributed by atoms with Crippen LogP contribution in [-0.4, -0.2) is 36.6 Å².